The highest BCUT2D eigenvalue weighted by atomic mass is 35.5. The van der Waals surface area contributed by atoms with Gasteiger partial charge in [-0.05, 0) is 55.1 Å². The SMILES string of the molecule is CCN(CC)CCN1C(=O)C(=O)C(=C(O)c2ccc(Cl)cc2)C1c1ccc(O)c(OC)c1. The number of methoxy groups -OCH3 is 1. The largest absolute Gasteiger partial charge is 0.507 e. The summed E-state index contributed by atoms with van der Waals surface area (Å²) in [4.78, 5) is 29.7. The first-order chi connectivity index (χ1) is 15.3. The zero-order chi connectivity index (χ0) is 23.4. The lowest BCUT2D eigenvalue weighted by atomic mass is 9.95. The van der Waals surface area contributed by atoms with Crippen molar-refractivity contribution in [3.8, 4) is 11.5 Å². The Balaban J connectivity index is 2.13. The van der Waals surface area contributed by atoms with E-state index in [-0.39, 0.29) is 22.8 Å². The fourth-order valence-corrected chi connectivity index (χ4v) is 4.00. The third-order valence-corrected chi connectivity index (χ3v) is 5.98. The molecule has 0 aliphatic carbocycles. The minimum Gasteiger partial charge on any atom is -0.507 e. The number of carbonyl (C=O) groups is 2. The summed E-state index contributed by atoms with van der Waals surface area (Å²) < 4.78 is 5.22. The Morgan fingerprint density at radius 3 is 2.38 bits per heavy atom. The Morgan fingerprint density at radius 1 is 1.12 bits per heavy atom. The summed E-state index contributed by atoms with van der Waals surface area (Å²) >= 11 is 5.95. The van der Waals surface area contributed by atoms with Crippen molar-refractivity contribution in [1.29, 1.82) is 0 Å². The molecule has 2 aromatic carbocycles. The fourth-order valence-electron chi connectivity index (χ4n) is 3.87. The van der Waals surface area contributed by atoms with Gasteiger partial charge in [0.15, 0.2) is 11.5 Å². The number of halogens is 1. The highest BCUT2D eigenvalue weighted by molar-refractivity contribution is 6.46. The van der Waals surface area contributed by atoms with Gasteiger partial charge in [0.05, 0.1) is 18.7 Å². The van der Waals surface area contributed by atoms with E-state index in [0.29, 0.717) is 29.2 Å². The summed E-state index contributed by atoms with van der Waals surface area (Å²) in [5, 5.41) is 21.5. The summed E-state index contributed by atoms with van der Waals surface area (Å²) in [6.07, 6.45) is 0. The van der Waals surface area contributed by atoms with E-state index in [1.807, 2.05) is 13.8 Å². The van der Waals surface area contributed by atoms with Crippen LogP contribution < -0.4 is 4.74 Å². The van der Waals surface area contributed by atoms with Gasteiger partial charge in [-0.15, -0.1) is 0 Å². The normalized spacial score (nSPS) is 17.9. The third kappa shape index (κ3) is 4.59. The molecule has 7 nitrogen and oxygen atoms in total. The highest BCUT2D eigenvalue weighted by Gasteiger charge is 2.46. The maximum Gasteiger partial charge on any atom is 0.295 e. The van der Waals surface area contributed by atoms with E-state index in [1.165, 1.54) is 18.1 Å². The average molecular weight is 459 g/mol. The molecule has 0 spiro atoms. The number of aromatic hydroxyl groups is 1. The molecule has 1 aliphatic rings. The minimum atomic E-state index is -0.823. The number of aliphatic hydroxyl groups is 1. The number of likely N-dealkylation sites (tertiary alicyclic amines) is 1. The average Bonchev–Trinajstić information content (AvgIpc) is 3.05. The summed E-state index contributed by atoms with van der Waals surface area (Å²) in [7, 11) is 1.42. The van der Waals surface area contributed by atoms with E-state index in [1.54, 1.807) is 36.4 Å². The molecular weight excluding hydrogens is 432 g/mol. The second kappa shape index (κ2) is 10.1. The fraction of sp³-hybridized carbons (Fsp3) is 0.333. The lowest BCUT2D eigenvalue weighted by molar-refractivity contribution is -0.140. The van der Waals surface area contributed by atoms with Crippen molar-refractivity contribution in [2.45, 2.75) is 19.9 Å². The smallest absolute Gasteiger partial charge is 0.295 e. The van der Waals surface area contributed by atoms with Gasteiger partial charge in [0, 0.05) is 23.7 Å². The molecule has 0 saturated carbocycles. The highest BCUT2D eigenvalue weighted by Crippen LogP contribution is 2.41. The monoisotopic (exact) mass is 458 g/mol. The number of phenols is 1. The molecular formula is C24H27ClN2O5. The Hall–Kier alpha value is -3.03. The molecule has 8 heteroatoms. The van der Waals surface area contributed by atoms with Crippen molar-refractivity contribution in [3.63, 3.8) is 0 Å². The molecule has 0 aromatic heterocycles. The maximum atomic E-state index is 13.1. The van der Waals surface area contributed by atoms with Gasteiger partial charge in [0.2, 0.25) is 0 Å². The number of carbonyl (C=O) groups excluding carboxylic acids is 2. The van der Waals surface area contributed by atoms with Crippen LogP contribution in [0.3, 0.4) is 0 Å². The quantitative estimate of drug-likeness (QED) is 0.355. The molecule has 1 unspecified atom stereocenters. The summed E-state index contributed by atoms with van der Waals surface area (Å²) in [5.74, 6) is -1.56. The van der Waals surface area contributed by atoms with Gasteiger partial charge in [0.25, 0.3) is 11.7 Å². The number of amides is 1. The first kappa shape index (κ1) is 23.6. The van der Waals surface area contributed by atoms with E-state index in [2.05, 4.69) is 4.90 Å². The Morgan fingerprint density at radius 2 is 1.78 bits per heavy atom. The molecule has 1 saturated heterocycles. The van der Waals surface area contributed by atoms with Gasteiger partial charge in [-0.1, -0.05) is 31.5 Å². The Kier molecular flexibility index (Phi) is 7.43. The molecule has 1 aliphatic heterocycles. The summed E-state index contributed by atoms with van der Waals surface area (Å²) in [5.41, 5.74) is 0.922. The first-order valence-corrected chi connectivity index (χ1v) is 10.8. The number of phenolic OH excluding ortho intramolecular Hbond substituents is 1. The molecule has 1 atom stereocenters. The van der Waals surface area contributed by atoms with Crippen molar-refractivity contribution >= 4 is 29.1 Å². The Labute approximate surface area is 192 Å². The number of Topliss-reactive ketones (excluding diaryl/α,β-unsaturated/α-hetero) is 1. The van der Waals surface area contributed by atoms with E-state index in [9.17, 15) is 19.8 Å². The lowest BCUT2D eigenvalue weighted by Crippen LogP contribution is -2.38. The minimum absolute atomic E-state index is 0.00962. The predicted molar refractivity (Wildman–Crippen MR) is 123 cm³/mol. The summed E-state index contributed by atoms with van der Waals surface area (Å²) in [6.45, 7) is 6.55. The molecule has 0 bridgehead atoms. The van der Waals surface area contributed by atoms with Crippen LogP contribution in [0.4, 0.5) is 0 Å². The molecule has 0 radical (unpaired) electrons. The second-order valence-electron chi connectivity index (χ2n) is 7.46. The van der Waals surface area contributed by atoms with E-state index in [0.717, 1.165) is 13.1 Å². The molecule has 2 aromatic rings. The molecule has 170 valence electrons. The maximum absolute atomic E-state index is 13.1. The van der Waals surface area contributed by atoms with Crippen LogP contribution >= 0.6 is 11.6 Å². The van der Waals surface area contributed by atoms with Crippen molar-refractivity contribution in [1.82, 2.24) is 9.80 Å². The number of benzene rings is 2. The van der Waals surface area contributed by atoms with Crippen molar-refractivity contribution in [2.75, 3.05) is 33.3 Å². The zero-order valence-electron chi connectivity index (χ0n) is 18.3. The van der Waals surface area contributed by atoms with E-state index in [4.69, 9.17) is 16.3 Å². The molecule has 1 heterocycles. The number of hydrogen-bond donors (Lipinski definition) is 2. The molecule has 32 heavy (non-hydrogen) atoms. The van der Waals surface area contributed by atoms with Gasteiger partial charge in [-0.25, -0.2) is 0 Å². The standard InChI is InChI=1S/C24H27ClN2O5/c1-4-26(5-2)12-13-27-21(16-8-11-18(28)19(14-16)32-3)20(23(30)24(27)31)22(29)15-6-9-17(25)10-7-15/h6-11,14,21,28-29H,4-5,12-13H2,1-3H3. The number of ether oxygens (including phenoxy) is 1. The predicted octanol–water partition coefficient (Wildman–Crippen LogP) is 3.82. The third-order valence-electron chi connectivity index (χ3n) is 5.73. The number of likely N-dealkylation sites (N-methyl/N-ethyl adjacent to an activating group) is 1. The van der Waals surface area contributed by atoms with Crippen LogP contribution in [0.25, 0.3) is 5.76 Å². The number of hydrogen-bond acceptors (Lipinski definition) is 6. The topological polar surface area (TPSA) is 90.3 Å². The summed E-state index contributed by atoms with van der Waals surface area (Å²) in [6, 6.07) is 10.2. The number of nitrogens with zero attached hydrogens (tertiary/aromatic N) is 2. The van der Waals surface area contributed by atoms with Crippen LogP contribution in [0.5, 0.6) is 11.5 Å². The van der Waals surface area contributed by atoms with Crippen molar-refractivity contribution in [2.24, 2.45) is 0 Å². The zero-order valence-corrected chi connectivity index (χ0v) is 19.1. The Bertz CT molecular complexity index is 1030. The molecule has 1 fully saturated rings. The molecule has 3 rings (SSSR count). The van der Waals surface area contributed by atoms with Crippen LogP contribution in [0, 0.1) is 0 Å². The molecule has 2 N–H and O–H groups in total. The van der Waals surface area contributed by atoms with Crippen LogP contribution in [-0.4, -0.2) is 65.0 Å². The van der Waals surface area contributed by atoms with Gasteiger partial charge in [0.1, 0.15) is 5.76 Å². The second-order valence-corrected chi connectivity index (χ2v) is 7.89. The number of ketones is 1. The van der Waals surface area contributed by atoms with E-state index >= 15 is 0 Å². The van der Waals surface area contributed by atoms with Crippen LogP contribution in [0.15, 0.2) is 48.0 Å². The lowest BCUT2D eigenvalue weighted by Gasteiger charge is -2.28. The van der Waals surface area contributed by atoms with Crippen molar-refractivity contribution < 1.29 is 24.5 Å². The van der Waals surface area contributed by atoms with Crippen LogP contribution in [0.2, 0.25) is 5.02 Å². The first-order valence-electron chi connectivity index (χ1n) is 10.5. The van der Waals surface area contributed by atoms with E-state index < -0.39 is 17.7 Å². The van der Waals surface area contributed by atoms with Gasteiger partial charge >= 0.3 is 0 Å². The van der Waals surface area contributed by atoms with Crippen LogP contribution in [0.1, 0.15) is 31.0 Å². The number of rotatable bonds is 8. The molecule has 1 amide bonds. The van der Waals surface area contributed by atoms with Crippen LogP contribution in [-0.2, 0) is 9.59 Å². The van der Waals surface area contributed by atoms with Gasteiger partial charge in [-0.2, -0.15) is 0 Å². The van der Waals surface area contributed by atoms with Gasteiger partial charge in [-0.3, -0.25) is 9.59 Å². The van der Waals surface area contributed by atoms with Crippen molar-refractivity contribution in [3.05, 3.63) is 64.2 Å². The van der Waals surface area contributed by atoms with Gasteiger partial charge < -0.3 is 24.7 Å². The number of aliphatic hydroxyl groups excluding tert-OH is 1.